The minimum atomic E-state index is -4.78. The summed E-state index contributed by atoms with van der Waals surface area (Å²) in [6.07, 6.45) is 62.6. The fourth-order valence-corrected chi connectivity index (χ4v) is 8.11. The summed E-state index contributed by atoms with van der Waals surface area (Å²) in [6, 6.07) is 0. The second-order valence-corrected chi connectivity index (χ2v) is 19.8. The van der Waals surface area contributed by atoms with Gasteiger partial charge in [0.1, 0.15) is 12.7 Å². The van der Waals surface area contributed by atoms with E-state index in [9.17, 15) is 28.9 Å². The summed E-state index contributed by atoms with van der Waals surface area (Å²) >= 11 is 0. The van der Waals surface area contributed by atoms with Gasteiger partial charge in [0.2, 0.25) is 0 Å². The first-order valence-electron chi connectivity index (χ1n) is 28.1. The van der Waals surface area contributed by atoms with Gasteiger partial charge in [-0.2, -0.15) is 0 Å². The SMILES string of the molecule is CC/C=C\C/C=C\C/C=C\C/C=C\C/C=C\CC(=O)OCC(COP(=O)(O)OCC(CO)OC(=O)CCCCC/C=C\C/C=C\C/C=C\CC)OC(=O)CCCCCCCCCCCCCCCCCCC. The molecule has 72 heavy (non-hydrogen) atoms. The van der Waals surface area contributed by atoms with Crippen LogP contribution >= 0.6 is 7.82 Å². The maximum absolute atomic E-state index is 12.9. The van der Waals surface area contributed by atoms with E-state index in [0.29, 0.717) is 19.3 Å². The molecule has 0 saturated carbocycles. The van der Waals surface area contributed by atoms with Crippen LogP contribution in [0.2, 0.25) is 0 Å². The summed E-state index contributed by atoms with van der Waals surface area (Å²) in [4.78, 5) is 48.4. The highest BCUT2D eigenvalue weighted by Gasteiger charge is 2.28. The molecular weight excluding hydrogens is 928 g/mol. The van der Waals surface area contributed by atoms with E-state index in [1.807, 2.05) is 12.2 Å². The van der Waals surface area contributed by atoms with E-state index in [-0.39, 0.29) is 19.3 Å². The molecule has 0 radical (unpaired) electrons. The fourth-order valence-electron chi connectivity index (χ4n) is 7.33. The Hall–Kier alpha value is -3.60. The van der Waals surface area contributed by atoms with Gasteiger partial charge in [-0.25, -0.2) is 4.57 Å². The minimum Gasteiger partial charge on any atom is -0.461 e. The molecule has 0 fully saturated rings. The number of aliphatic hydroxyl groups excluding tert-OH is 1. The molecule has 2 N–H and O–H groups in total. The lowest BCUT2D eigenvalue weighted by molar-refractivity contribution is -0.161. The molecule has 3 unspecified atom stereocenters. The van der Waals surface area contributed by atoms with Crippen molar-refractivity contribution in [3.8, 4) is 0 Å². The maximum Gasteiger partial charge on any atom is 0.472 e. The summed E-state index contributed by atoms with van der Waals surface area (Å²) in [5.41, 5.74) is 0. The van der Waals surface area contributed by atoms with E-state index in [0.717, 1.165) is 83.5 Å². The van der Waals surface area contributed by atoms with Crippen molar-refractivity contribution in [3.63, 3.8) is 0 Å². The van der Waals surface area contributed by atoms with Crippen LogP contribution in [-0.4, -0.2) is 66.5 Å². The molecular formula is C60H101O11P. The molecule has 0 aliphatic rings. The van der Waals surface area contributed by atoms with Crippen LogP contribution in [0.4, 0.5) is 0 Å². The van der Waals surface area contributed by atoms with E-state index in [1.165, 1.54) is 83.5 Å². The van der Waals surface area contributed by atoms with Crippen molar-refractivity contribution in [3.05, 3.63) is 97.2 Å². The first-order valence-corrected chi connectivity index (χ1v) is 29.6. The smallest absolute Gasteiger partial charge is 0.461 e. The van der Waals surface area contributed by atoms with Gasteiger partial charge in [-0.05, 0) is 77.0 Å². The number of phosphoric ester groups is 1. The van der Waals surface area contributed by atoms with Gasteiger partial charge in [-0.3, -0.25) is 23.4 Å². The van der Waals surface area contributed by atoms with Crippen LogP contribution in [0.3, 0.4) is 0 Å². The number of esters is 3. The highest BCUT2D eigenvalue weighted by Crippen LogP contribution is 2.43. The van der Waals surface area contributed by atoms with Crippen LogP contribution < -0.4 is 0 Å². The molecule has 0 saturated heterocycles. The number of rotatable bonds is 51. The number of phosphoric acid groups is 1. The number of hydrogen-bond donors (Lipinski definition) is 2. The zero-order valence-electron chi connectivity index (χ0n) is 45.4. The van der Waals surface area contributed by atoms with Gasteiger partial charge in [-0.1, -0.05) is 227 Å². The third kappa shape index (κ3) is 51.3. The Morgan fingerprint density at radius 3 is 1.18 bits per heavy atom. The molecule has 12 heteroatoms. The molecule has 0 aliphatic heterocycles. The Labute approximate surface area is 438 Å². The lowest BCUT2D eigenvalue weighted by atomic mass is 10.0. The topological polar surface area (TPSA) is 155 Å². The van der Waals surface area contributed by atoms with Crippen LogP contribution in [0.1, 0.15) is 226 Å². The predicted octanol–water partition coefficient (Wildman–Crippen LogP) is 16.5. The van der Waals surface area contributed by atoms with Crippen molar-refractivity contribution >= 4 is 25.7 Å². The highest BCUT2D eigenvalue weighted by atomic mass is 31.2. The lowest BCUT2D eigenvalue weighted by Crippen LogP contribution is -2.30. The summed E-state index contributed by atoms with van der Waals surface area (Å²) in [6.45, 7) is 4.27. The Morgan fingerprint density at radius 2 is 0.764 bits per heavy atom. The number of hydrogen-bond acceptors (Lipinski definition) is 10. The number of unbranched alkanes of at least 4 members (excludes halogenated alkanes) is 19. The molecule has 0 amide bonds. The molecule has 412 valence electrons. The van der Waals surface area contributed by atoms with Crippen LogP contribution in [0, 0.1) is 0 Å². The number of allylic oxidation sites excluding steroid dienone is 15. The van der Waals surface area contributed by atoms with Crippen LogP contribution in [-0.2, 0) is 42.2 Å². The standard InChI is InChI=1S/C60H101O11P/c1-4-7-10-13-16-19-22-25-27-28-30-33-36-39-42-45-48-51-60(64)71-57(53-67-58(62)49-46-43-40-37-34-32-29-26-23-20-17-14-11-8-5-2)55-69-72(65,66)68-54-56(52-61)70-59(63)50-47-44-41-38-35-31-24-21-18-15-12-9-6-3/h8-9,11-12,17-18,20-21,26,29,31,34-35,37,43,46,56-57,61H,4-7,10,13-16,19,22-25,27-28,30,32-33,36,38-42,44-45,47-55H2,1-3H3,(H,65,66)/b11-8-,12-9-,20-17-,21-18-,29-26-,35-31-,37-34-,46-43-. The van der Waals surface area contributed by atoms with Gasteiger partial charge < -0.3 is 24.2 Å². The summed E-state index contributed by atoms with van der Waals surface area (Å²) in [5.74, 6) is -1.65. The zero-order chi connectivity index (χ0) is 52.7. The third-order valence-corrected chi connectivity index (χ3v) is 12.5. The van der Waals surface area contributed by atoms with E-state index in [2.05, 4.69) is 99.8 Å². The van der Waals surface area contributed by atoms with Crippen LogP contribution in [0.5, 0.6) is 0 Å². The fraction of sp³-hybridized carbons (Fsp3) is 0.683. The average molecular weight is 1030 g/mol. The van der Waals surface area contributed by atoms with Crippen molar-refractivity contribution in [2.45, 2.75) is 238 Å². The largest absolute Gasteiger partial charge is 0.472 e. The van der Waals surface area contributed by atoms with Gasteiger partial charge in [-0.15, -0.1) is 0 Å². The van der Waals surface area contributed by atoms with Gasteiger partial charge in [0.05, 0.1) is 26.2 Å². The molecule has 0 heterocycles. The molecule has 0 aromatic carbocycles. The quantitative estimate of drug-likeness (QED) is 0.0197. The number of carbonyl (C=O) groups excluding carboxylic acids is 3. The Kier molecular flexibility index (Phi) is 51.0. The van der Waals surface area contributed by atoms with Crippen LogP contribution in [0.25, 0.3) is 0 Å². The normalized spacial score (nSPS) is 14.1. The lowest BCUT2D eigenvalue weighted by Gasteiger charge is -2.21. The van der Waals surface area contributed by atoms with E-state index in [1.54, 1.807) is 6.08 Å². The van der Waals surface area contributed by atoms with Crippen LogP contribution in [0.15, 0.2) is 97.2 Å². The van der Waals surface area contributed by atoms with E-state index < -0.39 is 64.4 Å². The summed E-state index contributed by atoms with van der Waals surface area (Å²) in [7, 11) is -4.78. The van der Waals surface area contributed by atoms with Crippen molar-refractivity contribution in [1.82, 2.24) is 0 Å². The molecule has 11 nitrogen and oxygen atoms in total. The number of carbonyl (C=O) groups is 3. The summed E-state index contributed by atoms with van der Waals surface area (Å²) < 4.78 is 39.3. The van der Waals surface area contributed by atoms with Crippen molar-refractivity contribution in [2.75, 3.05) is 26.4 Å². The first kappa shape index (κ1) is 68.4. The van der Waals surface area contributed by atoms with Gasteiger partial charge in [0.25, 0.3) is 0 Å². The number of ether oxygens (including phenoxy) is 3. The molecule has 0 aromatic rings. The monoisotopic (exact) mass is 1030 g/mol. The molecule has 0 aliphatic carbocycles. The van der Waals surface area contributed by atoms with E-state index >= 15 is 0 Å². The van der Waals surface area contributed by atoms with Gasteiger partial charge >= 0.3 is 25.7 Å². The van der Waals surface area contributed by atoms with E-state index in [4.69, 9.17) is 23.3 Å². The third-order valence-electron chi connectivity index (χ3n) is 11.5. The Morgan fingerprint density at radius 1 is 0.417 bits per heavy atom. The van der Waals surface area contributed by atoms with Crippen molar-refractivity contribution < 1.29 is 52.2 Å². The van der Waals surface area contributed by atoms with Gasteiger partial charge in [0, 0.05) is 12.8 Å². The minimum absolute atomic E-state index is 0.00960. The number of aliphatic hydroxyl groups is 1. The average Bonchev–Trinajstić information content (AvgIpc) is 3.37. The van der Waals surface area contributed by atoms with Crippen molar-refractivity contribution in [2.24, 2.45) is 0 Å². The second-order valence-electron chi connectivity index (χ2n) is 18.4. The summed E-state index contributed by atoms with van der Waals surface area (Å²) in [5, 5.41) is 9.79. The van der Waals surface area contributed by atoms with Crippen molar-refractivity contribution in [1.29, 1.82) is 0 Å². The molecule has 0 rings (SSSR count). The Bertz CT molecular complexity index is 1580. The van der Waals surface area contributed by atoms with Gasteiger partial charge in [0.15, 0.2) is 6.10 Å². The Balaban J connectivity index is 4.85. The predicted molar refractivity (Wildman–Crippen MR) is 297 cm³/mol. The molecule has 0 aromatic heterocycles. The second kappa shape index (κ2) is 53.7. The maximum atomic E-state index is 12.9. The zero-order valence-corrected chi connectivity index (χ0v) is 46.3. The highest BCUT2D eigenvalue weighted by molar-refractivity contribution is 7.47. The first-order chi connectivity index (χ1) is 35.2. The molecule has 0 bridgehead atoms. The molecule has 0 spiro atoms. The molecule has 3 atom stereocenters.